The molecule has 370 valence electrons. The van der Waals surface area contributed by atoms with Crippen LogP contribution in [0.4, 0.5) is 5.69 Å². The van der Waals surface area contributed by atoms with E-state index in [0.717, 1.165) is 29.6 Å². The standard InChI is InChI=1S/C46H56N4O10.C5H11Cl2N/c1-7-42(55)22-28-23-45(40(53)58-5,36-30(14-18-48(24-28)25-42)29-12-9-10-13-33(29)47-36)32-20-31-34(21-35(32)57-4)50(26-51)38-44(31)16-19-49-17-11-15-43(8-2,37(44)49)39(60-27(3)52)46(38,56)41(54)59-6;1-8(4-2-6)5-3-7/h9-13,15,20-21,26,28,37-39,47,55-56H,7-8,14,16-19,22-25H2,1-6H3;2-5H2,1H3/t28-,37+,38-,39-,42+,43-,44-,45+,46+;/m1./s1. The quantitative estimate of drug-likeness (QED) is 0.0736. The molecule has 15 nitrogen and oxygen atoms in total. The third kappa shape index (κ3) is 7.56. The highest BCUT2D eigenvalue weighted by atomic mass is 35.5. The molecule has 9 rings (SSSR count). The van der Waals surface area contributed by atoms with Gasteiger partial charge in [-0.25, -0.2) is 4.79 Å². The number of aliphatic hydroxyl groups is 2. The highest BCUT2D eigenvalue weighted by Gasteiger charge is 2.81. The molecule has 68 heavy (non-hydrogen) atoms. The molecule has 1 saturated carbocycles. The van der Waals surface area contributed by atoms with Crippen molar-refractivity contribution in [2.45, 2.75) is 99.5 Å². The van der Waals surface area contributed by atoms with Gasteiger partial charge in [0.2, 0.25) is 12.0 Å². The number of hydrogen-bond acceptors (Lipinski definition) is 13. The number of piperidine rings is 1. The Hall–Kier alpha value is -4.22. The Morgan fingerprint density at radius 1 is 0.956 bits per heavy atom. The number of carbonyl (C=O) groups excluding carboxylic acids is 4. The lowest BCUT2D eigenvalue weighted by Crippen LogP contribution is -2.81. The molecule has 2 aromatic carbocycles. The number of alkyl halides is 2. The molecule has 6 aliphatic rings. The smallest absolute Gasteiger partial charge is 0.344 e. The van der Waals surface area contributed by atoms with Crippen LogP contribution < -0.4 is 9.64 Å². The summed E-state index contributed by atoms with van der Waals surface area (Å²) in [5.41, 5.74) is -3.15. The predicted molar refractivity (Wildman–Crippen MR) is 260 cm³/mol. The molecule has 3 aromatic rings. The number of benzene rings is 2. The number of amides is 1. The Kier molecular flexibility index (Phi) is 14.2. The molecule has 10 atom stereocenters. The average molecular weight is 981 g/mol. The zero-order valence-corrected chi connectivity index (χ0v) is 41.8. The van der Waals surface area contributed by atoms with Gasteiger partial charge in [0.1, 0.15) is 11.2 Å². The summed E-state index contributed by atoms with van der Waals surface area (Å²) < 4.78 is 23.7. The number of aromatic amines is 1. The van der Waals surface area contributed by atoms with Gasteiger partial charge >= 0.3 is 17.9 Å². The predicted octanol–water partition coefficient (Wildman–Crippen LogP) is 4.91. The number of anilines is 1. The van der Waals surface area contributed by atoms with Crippen LogP contribution in [0.2, 0.25) is 0 Å². The van der Waals surface area contributed by atoms with Crippen LogP contribution in [-0.4, -0.2) is 170 Å². The third-order valence-corrected chi connectivity index (χ3v) is 16.8. The molecule has 1 aliphatic carbocycles. The highest BCUT2D eigenvalue weighted by Crippen LogP contribution is 2.68. The van der Waals surface area contributed by atoms with E-state index >= 15 is 4.79 Å². The van der Waals surface area contributed by atoms with Crippen LogP contribution in [0.15, 0.2) is 48.6 Å². The van der Waals surface area contributed by atoms with E-state index in [4.69, 9.17) is 42.1 Å². The van der Waals surface area contributed by atoms with Crippen molar-refractivity contribution >= 4 is 64.1 Å². The van der Waals surface area contributed by atoms with E-state index in [-0.39, 0.29) is 12.3 Å². The Morgan fingerprint density at radius 2 is 1.68 bits per heavy atom. The number of fused-ring (bicyclic) bond motifs is 6. The van der Waals surface area contributed by atoms with Crippen LogP contribution in [0.3, 0.4) is 0 Å². The van der Waals surface area contributed by atoms with Gasteiger partial charge in [0.25, 0.3) is 0 Å². The average Bonchev–Trinajstić information content (AvgIpc) is 4.01. The van der Waals surface area contributed by atoms with Crippen LogP contribution in [0.25, 0.3) is 10.9 Å². The summed E-state index contributed by atoms with van der Waals surface area (Å²) in [4.78, 5) is 68.2. The maximum absolute atomic E-state index is 15.3. The first-order valence-corrected chi connectivity index (χ1v) is 24.9. The maximum atomic E-state index is 15.3. The number of nitrogens with zero attached hydrogens (tertiary/aromatic N) is 4. The summed E-state index contributed by atoms with van der Waals surface area (Å²) in [5.74, 6) is -0.689. The molecule has 2 saturated heterocycles. The Balaban J connectivity index is 0.000000718. The first kappa shape index (κ1) is 50.2. The van der Waals surface area contributed by atoms with Crippen LogP contribution in [0, 0.1) is 11.3 Å². The molecule has 1 amide bonds. The van der Waals surface area contributed by atoms with E-state index in [1.54, 1.807) is 6.07 Å². The van der Waals surface area contributed by atoms with Crippen molar-refractivity contribution < 1.29 is 48.3 Å². The fraction of sp³-hybridized carbons (Fsp3) is 0.608. The summed E-state index contributed by atoms with van der Waals surface area (Å²) in [6.45, 7) is 10.0. The van der Waals surface area contributed by atoms with Crippen LogP contribution in [0.5, 0.6) is 5.75 Å². The van der Waals surface area contributed by atoms with Gasteiger partial charge < -0.3 is 43.9 Å². The number of halogens is 2. The van der Waals surface area contributed by atoms with Crippen molar-refractivity contribution in [2.75, 3.05) is 90.9 Å². The van der Waals surface area contributed by atoms with Crippen molar-refractivity contribution in [3.63, 3.8) is 0 Å². The molecule has 3 N–H and O–H groups in total. The van der Waals surface area contributed by atoms with Crippen molar-refractivity contribution in [3.8, 4) is 5.75 Å². The number of para-hydroxylation sites is 1. The Labute approximate surface area is 408 Å². The number of methoxy groups -OCH3 is 3. The fourth-order valence-corrected chi connectivity index (χ4v) is 14.3. The van der Waals surface area contributed by atoms with Crippen LogP contribution in [-0.2, 0) is 50.6 Å². The molecule has 1 aromatic heterocycles. The van der Waals surface area contributed by atoms with Gasteiger partial charge in [-0.3, -0.25) is 24.2 Å². The minimum Gasteiger partial charge on any atom is -0.496 e. The number of esters is 3. The zero-order valence-electron chi connectivity index (χ0n) is 40.3. The Bertz CT molecular complexity index is 2450. The van der Waals surface area contributed by atoms with E-state index in [2.05, 4.69) is 25.8 Å². The second kappa shape index (κ2) is 19.2. The topological polar surface area (TPSA) is 174 Å². The SMILES string of the molecule is CC[C@]1(O)C[C@H]2C[N@](CCc3c([nH]c4ccccc34)[C@@](C(=O)OC)(c3cc4c(cc3OC)N(C=O)[C@H]3[C@@](O)(C(=O)OC)[C@H](OC(C)=O)[C@]5(CC)C=CCN6CC[C@]43[C@@H]65)C2)C1.CN(CCCl)CCCl. The number of rotatable bonds is 12. The third-order valence-electron chi connectivity index (χ3n) is 16.4. The van der Waals surface area contributed by atoms with Gasteiger partial charge in [0.05, 0.1) is 38.7 Å². The minimum atomic E-state index is -2.53. The Morgan fingerprint density at radius 3 is 2.31 bits per heavy atom. The van der Waals surface area contributed by atoms with E-state index in [1.807, 2.05) is 57.3 Å². The van der Waals surface area contributed by atoms with Crippen LogP contribution in [0.1, 0.15) is 75.3 Å². The lowest BCUT2D eigenvalue weighted by atomic mass is 9.47. The molecule has 0 radical (unpaired) electrons. The molecule has 2 bridgehead atoms. The molecule has 1 spiro atoms. The molecular weight excluding hydrogens is 913 g/mol. The van der Waals surface area contributed by atoms with Crippen molar-refractivity contribution in [1.29, 1.82) is 0 Å². The van der Waals surface area contributed by atoms with Gasteiger partial charge in [-0.1, -0.05) is 44.2 Å². The van der Waals surface area contributed by atoms with Gasteiger partial charge in [-0.15, -0.1) is 23.2 Å². The second-order valence-corrected chi connectivity index (χ2v) is 20.5. The van der Waals surface area contributed by atoms with E-state index in [1.165, 1.54) is 33.2 Å². The zero-order chi connectivity index (χ0) is 49.0. The highest BCUT2D eigenvalue weighted by molar-refractivity contribution is 6.18. The monoisotopic (exact) mass is 979 g/mol. The largest absolute Gasteiger partial charge is 0.496 e. The number of ether oxygens (including phenoxy) is 4. The molecule has 5 aliphatic heterocycles. The number of aromatic nitrogens is 1. The normalized spacial score (nSPS) is 33.4. The number of nitrogens with one attached hydrogen (secondary N) is 1. The number of hydrogen-bond donors (Lipinski definition) is 3. The molecule has 3 fully saturated rings. The summed E-state index contributed by atoms with van der Waals surface area (Å²) in [5, 5.41) is 26.3. The molecule has 6 heterocycles. The fourth-order valence-electron chi connectivity index (χ4n) is 13.8. The molecule has 17 heteroatoms. The summed E-state index contributed by atoms with van der Waals surface area (Å²) in [6.07, 6.45) is 5.83. The van der Waals surface area contributed by atoms with Gasteiger partial charge in [-0.05, 0) is 81.3 Å². The van der Waals surface area contributed by atoms with Gasteiger partial charge in [0.15, 0.2) is 6.10 Å². The first-order valence-electron chi connectivity index (χ1n) is 23.9. The maximum Gasteiger partial charge on any atom is 0.344 e. The lowest BCUT2D eigenvalue weighted by Gasteiger charge is -2.63. The summed E-state index contributed by atoms with van der Waals surface area (Å²) >= 11 is 10.9. The van der Waals surface area contributed by atoms with E-state index < -0.39 is 63.5 Å². The van der Waals surface area contributed by atoms with Crippen molar-refractivity contribution in [2.24, 2.45) is 11.3 Å². The van der Waals surface area contributed by atoms with Crippen molar-refractivity contribution in [3.05, 3.63) is 70.9 Å². The first-order chi connectivity index (χ1) is 32.6. The summed E-state index contributed by atoms with van der Waals surface area (Å²) in [6, 6.07) is 9.97. The molecular formula is C51H67Cl2N5O10. The summed E-state index contributed by atoms with van der Waals surface area (Å²) in [7, 11) is 6.09. The van der Waals surface area contributed by atoms with Gasteiger partial charge in [-0.2, -0.15) is 0 Å². The number of carbonyl (C=O) groups is 4. The minimum absolute atomic E-state index is 0.155. The van der Waals surface area contributed by atoms with Crippen LogP contribution >= 0.6 is 23.2 Å². The van der Waals surface area contributed by atoms with E-state index in [9.17, 15) is 24.6 Å². The second-order valence-electron chi connectivity index (χ2n) is 19.8. The van der Waals surface area contributed by atoms with Gasteiger partial charge in [0, 0.05) is 103 Å². The van der Waals surface area contributed by atoms with Crippen molar-refractivity contribution in [1.82, 2.24) is 19.7 Å². The number of H-pyrrole nitrogens is 1. The molecule has 0 unspecified atom stereocenters. The van der Waals surface area contributed by atoms with E-state index in [0.29, 0.717) is 111 Å². The lowest BCUT2D eigenvalue weighted by molar-refractivity contribution is -0.228.